The molecule has 120 valence electrons. The van der Waals surface area contributed by atoms with Crippen molar-refractivity contribution >= 4 is 20.9 Å². The average molecular weight is 321 g/mol. The first kappa shape index (κ1) is 15.5. The second-order valence-electron chi connectivity index (χ2n) is 6.38. The maximum absolute atomic E-state index is 11.5. The predicted octanol–water partition coefficient (Wildman–Crippen LogP) is 2.14. The average Bonchev–Trinajstić information content (AvgIpc) is 2.98. The smallest absolute Gasteiger partial charge is 0.150 e. The molecule has 0 bridgehead atoms. The van der Waals surface area contributed by atoms with Crippen LogP contribution < -0.4 is 5.32 Å². The summed E-state index contributed by atoms with van der Waals surface area (Å²) in [6, 6.07) is 8.50. The minimum atomic E-state index is -2.79. The molecule has 2 aromatic rings. The molecule has 5 nitrogen and oxygen atoms in total. The van der Waals surface area contributed by atoms with Gasteiger partial charge in [0.15, 0.2) is 9.84 Å². The van der Waals surface area contributed by atoms with Crippen molar-refractivity contribution in [3.05, 3.63) is 30.1 Å². The zero-order valence-electron chi connectivity index (χ0n) is 13.1. The summed E-state index contributed by atoms with van der Waals surface area (Å²) >= 11 is 0. The molecule has 1 fully saturated rings. The second kappa shape index (κ2) is 6.01. The molecule has 0 saturated carbocycles. The number of benzene rings is 1. The Labute approximate surface area is 131 Å². The molecule has 0 radical (unpaired) electrons. The van der Waals surface area contributed by atoms with E-state index in [1.807, 2.05) is 18.2 Å². The van der Waals surface area contributed by atoms with E-state index in [-0.39, 0.29) is 5.92 Å². The van der Waals surface area contributed by atoms with Crippen LogP contribution >= 0.6 is 0 Å². The van der Waals surface area contributed by atoms with Crippen LogP contribution in [0.25, 0.3) is 11.0 Å². The molecule has 1 saturated heterocycles. The fraction of sp³-hybridized carbons (Fsp3) is 0.562. The van der Waals surface area contributed by atoms with Crippen LogP contribution in [0, 0.1) is 5.92 Å². The largest absolute Gasteiger partial charge is 0.324 e. The molecule has 1 aliphatic heterocycles. The SMILES string of the molecule is CC(C)n1c(CNC[C@H]2CCS(=O)(=O)C2)nc2ccccc21. The van der Waals surface area contributed by atoms with Gasteiger partial charge in [0.25, 0.3) is 0 Å². The van der Waals surface area contributed by atoms with E-state index >= 15 is 0 Å². The van der Waals surface area contributed by atoms with Crippen molar-refractivity contribution in [2.45, 2.75) is 32.9 Å². The molecule has 0 spiro atoms. The van der Waals surface area contributed by atoms with Crippen molar-refractivity contribution < 1.29 is 8.42 Å². The number of nitrogens with zero attached hydrogens (tertiary/aromatic N) is 2. The lowest BCUT2D eigenvalue weighted by Gasteiger charge is -2.14. The summed E-state index contributed by atoms with van der Waals surface area (Å²) in [5, 5.41) is 3.39. The van der Waals surface area contributed by atoms with Crippen LogP contribution in [-0.2, 0) is 16.4 Å². The number of nitrogens with one attached hydrogen (secondary N) is 1. The van der Waals surface area contributed by atoms with Crippen molar-refractivity contribution in [2.75, 3.05) is 18.1 Å². The number of hydrogen-bond acceptors (Lipinski definition) is 4. The molecule has 0 amide bonds. The molecule has 6 heteroatoms. The predicted molar refractivity (Wildman–Crippen MR) is 88.6 cm³/mol. The van der Waals surface area contributed by atoms with E-state index in [2.05, 4.69) is 29.8 Å². The first-order valence-electron chi connectivity index (χ1n) is 7.83. The molecule has 1 aliphatic rings. The number of para-hydroxylation sites is 2. The lowest BCUT2D eigenvalue weighted by atomic mass is 10.1. The summed E-state index contributed by atoms with van der Waals surface area (Å²) in [4.78, 5) is 4.71. The zero-order valence-corrected chi connectivity index (χ0v) is 13.9. The highest BCUT2D eigenvalue weighted by Gasteiger charge is 2.27. The highest BCUT2D eigenvalue weighted by Crippen LogP contribution is 2.21. The Kier molecular flexibility index (Phi) is 4.23. The normalized spacial score (nSPS) is 21.0. The fourth-order valence-electron chi connectivity index (χ4n) is 3.22. The molecule has 0 unspecified atom stereocenters. The molecule has 1 aromatic heterocycles. The summed E-state index contributed by atoms with van der Waals surface area (Å²) in [6.07, 6.45) is 0.774. The number of hydrogen-bond donors (Lipinski definition) is 1. The van der Waals surface area contributed by atoms with Crippen LogP contribution in [0.5, 0.6) is 0 Å². The minimum Gasteiger partial charge on any atom is -0.324 e. The molecule has 1 N–H and O–H groups in total. The van der Waals surface area contributed by atoms with Crippen molar-refractivity contribution in [1.82, 2.24) is 14.9 Å². The first-order chi connectivity index (χ1) is 10.5. The summed E-state index contributed by atoms with van der Waals surface area (Å²) in [5.41, 5.74) is 2.16. The Balaban J connectivity index is 1.70. The summed E-state index contributed by atoms with van der Waals surface area (Å²) in [6.45, 7) is 5.71. The third-order valence-corrected chi connectivity index (χ3v) is 6.07. The van der Waals surface area contributed by atoms with Gasteiger partial charge in [0.1, 0.15) is 5.82 Å². The molecule has 22 heavy (non-hydrogen) atoms. The zero-order chi connectivity index (χ0) is 15.7. The van der Waals surface area contributed by atoms with E-state index in [0.717, 1.165) is 29.8 Å². The van der Waals surface area contributed by atoms with E-state index in [0.29, 0.717) is 24.1 Å². The number of sulfone groups is 1. The van der Waals surface area contributed by atoms with Crippen LogP contribution in [0.3, 0.4) is 0 Å². The van der Waals surface area contributed by atoms with Crippen LogP contribution in [-0.4, -0.2) is 36.0 Å². The first-order valence-corrected chi connectivity index (χ1v) is 9.65. The van der Waals surface area contributed by atoms with Crippen LogP contribution in [0.4, 0.5) is 0 Å². The number of rotatable bonds is 5. The Bertz CT molecular complexity index is 765. The Morgan fingerprint density at radius 1 is 1.36 bits per heavy atom. The van der Waals surface area contributed by atoms with Gasteiger partial charge in [-0.25, -0.2) is 13.4 Å². The van der Waals surface area contributed by atoms with Crippen molar-refractivity contribution in [3.8, 4) is 0 Å². The van der Waals surface area contributed by atoms with E-state index < -0.39 is 9.84 Å². The monoisotopic (exact) mass is 321 g/mol. The van der Waals surface area contributed by atoms with Gasteiger partial charge >= 0.3 is 0 Å². The molecular formula is C16H23N3O2S. The van der Waals surface area contributed by atoms with Crippen molar-refractivity contribution in [2.24, 2.45) is 5.92 Å². The van der Waals surface area contributed by atoms with Gasteiger partial charge in [-0.15, -0.1) is 0 Å². The van der Waals surface area contributed by atoms with E-state index in [1.54, 1.807) is 0 Å². The van der Waals surface area contributed by atoms with E-state index in [9.17, 15) is 8.42 Å². The number of fused-ring (bicyclic) bond motifs is 1. The third-order valence-electron chi connectivity index (χ3n) is 4.23. The lowest BCUT2D eigenvalue weighted by molar-refractivity contribution is 0.496. The summed E-state index contributed by atoms with van der Waals surface area (Å²) in [7, 11) is -2.79. The fourth-order valence-corrected chi connectivity index (χ4v) is 5.08. The van der Waals surface area contributed by atoms with Crippen LogP contribution in [0.1, 0.15) is 32.1 Å². The number of imidazole rings is 1. The minimum absolute atomic E-state index is 0.238. The van der Waals surface area contributed by atoms with E-state index in [1.165, 1.54) is 0 Å². The van der Waals surface area contributed by atoms with Crippen LogP contribution in [0.2, 0.25) is 0 Å². The highest BCUT2D eigenvalue weighted by atomic mass is 32.2. The molecule has 1 atom stereocenters. The van der Waals surface area contributed by atoms with Gasteiger partial charge in [-0.3, -0.25) is 0 Å². The highest BCUT2D eigenvalue weighted by molar-refractivity contribution is 7.91. The molecule has 1 aromatic carbocycles. The Morgan fingerprint density at radius 2 is 2.14 bits per heavy atom. The maximum Gasteiger partial charge on any atom is 0.150 e. The van der Waals surface area contributed by atoms with Crippen molar-refractivity contribution in [1.29, 1.82) is 0 Å². The standard InChI is InChI=1S/C16H23N3O2S/c1-12(2)19-15-6-4-3-5-14(15)18-16(19)10-17-9-13-7-8-22(20,21)11-13/h3-6,12-13,17H,7-11H2,1-2H3/t13-/m1/s1. The number of aromatic nitrogens is 2. The molecule has 0 aliphatic carbocycles. The maximum atomic E-state index is 11.5. The van der Waals surface area contributed by atoms with Gasteiger partial charge in [0.2, 0.25) is 0 Å². The van der Waals surface area contributed by atoms with Crippen molar-refractivity contribution in [3.63, 3.8) is 0 Å². The molecule has 3 rings (SSSR count). The van der Waals surface area contributed by atoms with Gasteiger partial charge in [-0.2, -0.15) is 0 Å². The Morgan fingerprint density at radius 3 is 2.82 bits per heavy atom. The molecular weight excluding hydrogens is 298 g/mol. The van der Waals surface area contributed by atoms with Gasteiger partial charge in [-0.1, -0.05) is 12.1 Å². The van der Waals surface area contributed by atoms with E-state index in [4.69, 9.17) is 4.98 Å². The van der Waals surface area contributed by atoms with Gasteiger partial charge < -0.3 is 9.88 Å². The summed E-state index contributed by atoms with van der Waals surface area (Å²) in [5.74, 6) is 1.91. The third kappa shape index (κ3) is 3.17. The topological polar surface area (TPSA) is 64.0 Å². The van der Waals surface area contributed by atoms with Gasteiger partial charge in [0, 0.05) is 6.04 Å². The quantitative estimate of drug-likeness (QED) is 0.916. The lowest BCUT2D eigenvalue weighted by Crippen LogP contribution is -2.25. The Hall–Kier alpha value is -1.40. The molecule has 2 heterocycles. The second-order valence-corrected chi connectivity index (χ2v) is 8.61. The van der Waals surface area contributed by atoms with Gasteiger partial charge in [-0.05, 0) is 44.9 Å². The van der Waals surface area contributed by atoms with Crippen LogP contribution in [0.15, 0.2) is 24.3 Å². The van der Waals surface area contributed by atoms with Gasteiger partial charge in [0.05, 0.1) is 29.1 Å². The summed E-state index contributed by atoms with van der Waals surface area (Å²) < 4.78 is 25.2.